The van der Waals surface area contributed by atoms with Crippen molar-refractivity contribution in [2.75, 3.05) is 6.61 Å². The van der Waals surface area contributed by atoms with Crippen molar-refractivity contribution in [1.29, 1.82) is 0 Å². The smallest absolute Gasteiger partial charge is 0.255 e. The van der Waals surface area contributed by atoms with Crippen LogP contribution in [-0.2, 0) is 13.5 Å². The van der Waals surface area contributed by atoms with E-state index in [2.05, 4.69) is 48.5 Å². The molecule has 1 aliphatic heterocycles. The third-order valence-electron chi connectivity index (χ3n) is 5.56. The highest BCUT2D eigenvalue weighted by Gasteiger charge is 2.26. The molecule has 28 heavy (non-hydrogen) atoms. The Bertz CT molecular complexity index is 1010. The number of ether oxygens (including phenoxy) is 1. The van der Waals surface area contributed by atoms with E-state index in [0.29, 0.717) is 18.6 Å². The molecule has 2 aromatic carbocycles. The number of aromatic nitrogens is 2. The van der Waals surface area contributed by atoms with Gasteiger partial charge in [0.05, 0.1) is 30.1 Å². The summed E-state index contributed by atoms with van der Waals surface area (Å²) in [7, 11) is 1.88. The predicted octanol–water partition coefficient (Wildman–Crippen LogP) is 3.88. The Morgan fingerprint density at radius 2 is 2.00 bits per heavy atom. The summed E-state index contributed by atoms with van der Waals surface area (Å²) in [6.45, 7) is 4.75. The third kappa shape index (κ3) is 3.40. The molecule has 0 radical (unpaired) electrons. The van der Waals surface area contributed by atoms with Gasteiger partial charge in [0.2, 0.25) is 0 Å². The first kappa shape index (κ1) is 18.3. The Labute approximate surface area is 165 Å². The largest absolute Gasteiger partial charge is 0.493 e. The van der Waals surface area contributed by atoms with Gasteiger partial charge in [-0.15, -0.1) is 0 Å². The lowest BCUT2D eigenvalue weighted by molar-refractivity contribution is 0.0923. The van der Waals surface area contributed by atoms with Crippen LogP contribution in [0.2, 0.25) is 0 Å². The standard InChI is InChI=1S/C23H25N3O2/c1-15-9-10-18-20(11-12-28-22(18)16(15)2)25-23(27)19-14-24-26(3)21(19)13-17-7-5-4-6-8-17/h4-10,14,20H,11-13H2,1-3H3,(H,25,27)/t20-/m0/s1. The molecule has 1 aliphatic rings. The van der Waals surface area contributed by atoms with Crippen LogP contribution in [0, 0.1) is 13.8 Å². The molecule has 0 unspecified atom stereocenters. The van der Waals surface area contributed by atoms with E-state index in [9.17, 15) is 4.79 Å². The van der Waals surface area contributed by atoms with Crippen LogP contribution in [0.25, 0.3) is 0 Å². The predicted molar refractivity (Wildman–Crippen MR) is 109 cm³/mol. The molecular weight excluding hydrogens is 350 g/mol. The van der Waals surface area contributed by atoms with Gasteiger partial charge in [0, 0.05) is 25.5 Å². The van der Waals surface area contributed by atoms with Crippen LogP contribution < -0.4 is 10.1 Å². The summed E-state index contributed by atoms with van der Waals surface area (Å²) >= 11 is 0. The van der Waals surface area contributed by atoms with Crippen LogP contribution in [0.4, 0.5) is 0 Å². The quantitative estimate of drug-likeness (QED) is 0.753. The Balaban J connectivity index is 1.59. The molecule has 5 nitrogen and oxygen atoms in total. The number of hydrogen-bond donors (Lipinski definition) is 1. The molecule has 1 aromatic heterocycles. The summed E-state index contributed by atoms with van der Waals surface area (Å²) in [6.07, 6.45) is 3.09. The number of nitrogens with zero attached hydrogens (tertiary/aromatic N) is 2. The minimum atomic E-state index is -0.0879. The summed E-state index contributed by atoms with van der Waals surface area (Å²) in [5.41, 5.74) is 6.09. The van der Waals surface area contributed by atoms with E-state index in [0.717, 1.165) is 34.6 Å². The number of rotatable bonds is 4. The van der Waals surface area contributed by atoms with Gasteiger partial charge >= 0.3 is 0 Å². The summed E-state index contributed by atoms with van der Waals surface area (Å²) in [5, 5.41) is 7.53. The third-order valence-corrected chi connectivity index (χ3v) is 5.56. The molecule has 1 amide bonds. The minimum absolute atomic E-state index is 0.0552. The molecule has 1 atom stereocenters. The Morgan fingerprint density at radius 1 is 1.21 bits per heavy atom. The minimum Gasteiger partial charge on any atom is -0.493 e. The van der Waals surface area contributed by atoms with E-state index >= 15 is 0 Å². The van der Waals surface area contributed by atoms with Crippen molar-refractivity contribution in [2.24, 2.45) is 7.05 Å². The van der Waals surface area contributed by atoms with Gasteiger partial charge in [-0.2, -0.15) is 5.10 Å². The fraction of sp³-hybridized carbons (Fsp3) is 0.304. The van der Waals surface area contributed by atoms with Crippen LogP contribution in [-0.4, -0.2) is 22.3 Å². The second-order valence-corrected chi connectivity index (χ2v) is 7.38. The van der Waals surface area contributed by atoms with Gasteiger partial charge in [0.1, 0.15) is 5.75 Å². The number of amides is 1. The number of nitrogens with one attached hydrogen (secondary N) is 1. The van der Waals surface area contributed by atoms with Crippen molar-refractivity contribution in [2.45, 2.75) is 32.7 Å². The number of carbonyl (C=O) groups excluding carboxylic acids is 1. The van der Waals surface area contributed by atoms with Gasteiger partial charge in [-0.1, -0.05) is 42.5 Å². The number of carbonyl (C=O) groups is 1. The number of aryl methyl sites for hydroxylation is 2. The zero-order valence-corrected chi connectivity index (χ0v) is 16.5. The molecule has 144 valence electrons. The summed E-state index contributed by atoms with van der Waals surface area (Å²) < 4.78 is 7.68. The second kappa shape index (κ2) is 7.50. The lowest BCUT2D eigenvalue weighted by Crippen LogP contribution is -2.33. The van der Waals surface area contributed by atoms with Gasteiger partial charge in [0.15, 0.2) is 0 Å². The summed E-state index contributed by atoms with van der Waals surface area (Å²) in [6, 6.07) is 14.2. The van der Waals surface area contributed by atoms with E-state index in [-0.39, 0.29) is 11.9 Å². The van der Waals surface area contributed by atoms with Crippen LogP contribution >= 0.6 is 0 Å². The van der Waals surface area contributed by atoms with Crippen molar-refractivity contribution in [3.63, 3.8) is 0 Å². The van der Waals surface area contributed by atoms with E-state index in [1.54, 1.807) is 10.9 Å². The molecule has 3 aromatic rings. The van der Waals surface area contributed by atoms with Gasteiger partial charge < -0.3 is 10.1 Å². The average molecular weight is 375 g/mol. The summed E-state index contributed by atoms with van der Waals surface area (Å²) in [5.74, 6) is 0.822. The van der Waals surface area contributed by atoms with Crippen LogP contribution in [0.5, 0.6) is 5.75 Å². The first-order valence-corrected chi connectivity index (χ1v) is 9.63. The molecule has 0 bridgehead atoms. The van der Waals surface area contributed by atoms with E-state index in [1.807, 2.05) is 25.2 Å². The van der Waals surface area contributed by atoms with E-state index in [4.69, 9.17) is 4.74 Å². The highest BCUT2D eigenvalue weighted by atomic mass is 16.5. The zero-order valence-electron chi connectivity index (χ0n) is 16.5. The number of hydrogen-bond acceptors (Lipinski definition) is 3. The van der Waals surface area contributed by atoms with Gasteiger partial charge in [-0.25, -0.2) is 0 Å². The average Bonchev–Trinajstić information content (AvgIpc) is 3.06. The van der Waals surface area contributed by atoms with Crippen LogP contribution in [0.15, 0.2) is 48.7 Å². The maximum Gasteiger partial charge on any atom is 0.255 e. The lowest BCUT2D eigenvalue weighted by Gasteiger charge is -2.28. The Morgan fingerprint density at radius 3 is 2.79 bits per heavy atom. The van der Waals surface area contributed by atoms with E-state index < -0.39 is 0 Å². The fourth-order valence-electron chi connectivity index (χ4n) is 3.75. The monoisotopic (exact) mass is 375 g/mol. The molecule has 5 heteroatoms. The van der Waals surface area contributed by atoms with Crippen LogP contribution in [0.3, 0.4) is 0 Å². The first-order chi connectivity index (χ1) is 13.5. The highest BCUT2D eigenvalue weighted by Crippen LogP contribution is 2.36. The topological polar surface area (TPSA) is 56.1 Å². The Kier molecular flexibility index (Phi) is 4.90. The number of benzene rings is 2. The SMILES string of the molecule is Cc1ccc2c(c1C)OCC[C@@H]2NC(=O)c1cnn(C)c1Cc1ccccc1. The maximum absolute atomic E-state index is 13.1. The summed E-state index contributed by atoms with van der Waals surface area (Å²) in [4.78, 5) is 13.1. The normalized spacial score (nSPS) is 15.6. The van der Waals surface area contributed by atoms with Crippen molar-refractivity contribution < 1.29 is 9.53 Å². The molecule has 2 heterocycles. The molecule has 0 saturated heterocycles. The molecule has 1 N–H and O–H groups in total. The fourth-order valence-corrected chi connectivity index (χ4v) is 3.75. The maximum atomic E-state index is 13.1. The first-order valence-electron chi connectivity index (χ1n) is 9.63. The van der Waals surface area contributed by atoms with Gasteiger partial charge in [-0.05, 0) is 30.5 Å². The van der Waals surface area contributed by atoms with Gasteiger partial charge in [-0.3, -0.25) is 9.48 Å². The van der Waals surface area contributed by atoms with E-state index in [1.165, 1.54) is 5.56 Å². The molecule has 0 spiro atoms. The molecule has 4 rings (SSSR count). The van der Waals surface area contributed by atoms with Crippen molar-refractivity contribution >= 4 is 5.91 Å². The molecule has 0 fully saturated rings. The molecule has 0 saturated carbocycles. The van der Waals surface area contributed by atoms with Crippen molar-refractivity contribution in [3.05, 3.63) is 82.2 Å². The molecule has 0 aliphatic carbocycles. The highest BCUT2D eigenvalue weighted by molar-refractivity contribution is 5.95. The number of fused-ring (bicyclic) bond motifs is 1. The van der Waals surface area contributed by atoms with Crippen LogP contribution in [0.1, 0.15) is 50.8 Å². The van der Waals surface area contributed by atoms with Crippen molar-refractivity contribution in [1.82, 2.24) is 15.1 Å². The zero-order chi connectivity index (χ0) is 19.7. The van der Waals surface area contributed by atoms with Crippen molar-refractivity contribution in [3.8, 4) is 5.75 Å². The van der Waals surface area contributed by atoms with Gasteiger partial charge in [0.25, 0.3) is 5.91 Å². The molecular formula is C23H25N3O2. The lowest BCUT2D eigenvalue weighted by atomic mass is 9.95. The second-order valence-electron chi connectivity index (χ2n) is 7.38. The Hall–Kier alpha value is -3.08.